The first kappa shape index (κ1) is 23.1. The number of nitrogens with zero attached hydrogens (tertiary/aromatic N) is 4. The van der Waals surface area contributed by atoms with Gasteiger partial charge < -0.3 is 15.4 Å². The van der Waals surface area contributed by atoms with Crippen LogP contribution in [-0.2, 0) is 13.1 Å². The van der Waals surface area contributed by atoms with E-state index in [1.807, 2.05) is 47.3 Å². The van der Waals surface area contributed by atoms with Gasteiger partial charge in [-0.05, 0) is 43.4 Å². The number of para-hydroxylation sites is 1. The summed E-state index contributed by atoms with van der Waals surface area (Å²) in [6.07, 6.45) is 9.78. The summed E-state index contributed by atoms with van der Waals surface area (Å²) in [6, 6.07) is 12.2. The summed E-state index contributed by atoms with van der Waals surface area (Å²) in [7, 11) is 0. The number of guanidine groups is 1. The van der Waals surface area contributed by atoms with Crippen LogP contribution in [0.2, 0.25) is 0 Å². The van der Waals surface area contributed by atoms with Crippen LogP contribution in [0.5, 0.6) is 5.75 Å². The average Bonchev–Trinajstić information content (AvgIpc) is 3.45. The van der Waals surface area contributed by atoms with Gasteiger partial charge in [-0.3, -0.25) is 4.57 Å². The molecule has 1 aliphatic carbocycles. The summed E-state index contributed by atoms with van der Waals surface area (Å²) in [5.74, 6) is 3.30. The monoisotopic (exact) mass is 532 g/mol. The Hall–Kier alpha value is -2.62. The van der Waals surface area contributed by atoms with Crippen molar-refractivity contribution in [3.05, 3.63) is 72.4 Å². The zero-order chi connectivity index (χ0) is 20.6. The van der Waals surface area contributed by atoms with E-state index < -0.39 is 0 Å². The summed E-state index contributed by atoms with van der Waals surface area (Å²) in [5.41, 5.74) is 2.18. The SMILES string of the molecule is CCNC(=NCc1ccc(-n2ccnc2)nc1)NCc1ccccc1OCC1CC1.I. The minimum atomic E-state index is 0. The molecule has 164 valence electrons. The van der Waals surface area contributed by atoms with Crippen molar-refractivity contribution in [3.8, 4) is 11.6 Å². The molecule has 2 heterocycles. The Bertz CT molecular complexity index is 954. The van der Waals surface area contributed by atoms with Crippen molar-refractivity contribution >= 4 is 29.9 Å². The fourth-order valence-electron chi connectivity index (χ4n) is 3.03. The molecule has 0 atom stereocenters. The van der Waals surface area contributed by atoms with Gasteiger partial charge in [-0.1, -0.05) is 24.3 Å². The van der Waals surface area contributed by atoms with Crippen molar-refractivity contribution in [1.29, 1.82) is 0 Å². The van der Waals surface area contributed by atoms with E-state index in [2.05, 4.69) is 33.6 Å². The van der Waals surface area contributed by atoms with E-state index >= 15 is 0 Å². The molecule has 0 bridgehead atoms. The first-order valence-electron chi connectivity index (χ1n) is 10.5. The highest BCUT2D eigenvalue weighted by atomic mass is 127. The highest BCUT2D eigenvalue weighted by molar-refractivity contribution is 14.0. The molecule has 4 rings (SSSR count). The third-order valence-electron chi connectivity index (χ3n) is 4.93. The fraction of sp³-hybridized carbons (Fsp3) is 0.348. The van der Waals surface area contributed by atoms with Gasteiger partial charge in [0.05, 0.1) is 13.2 Å². The molecule has 8 heteroatoms. The van der Waals surface area contributed by atoms with E-state index in [0.29, 0.717) is 13.1 Å². The lowest BCUT2D eigenvalue weighted by Crippen LogP contribution is -2.36. The van der Waals surface area contributed by atoms with Crippen molar-refractivity contribution in [2.45, 2.75) is 32.9 Å². The molecule has 1 aromatic carbocycles. The van der Waals surface area contributed by atoms with Gasteiger partial charge in [0.1, 0.15) is 17.9 Å². The summed E-state index contributed by atoms with van der Waals surface area (Å²) in [4.78, 5) is 13.2. The first-order valence-corrected chi connectivity index (χ1v) is 10.5. The van der Waals surface area contributed by atoms with Crippen LogP contribution < -0.4 is 15.4 Å². The fourth-order valence-corrected chi connectivity index (χ4v) is 3.03. The number of hydrogen-bond donors (Lipinski definition) is 2. The largest absolute Gasteiger partial charge is 0.493 e. The maximum absolute atomic E-state index is 6.01. The molecular weight excluding hydrogens is 503 g/mol. The third kappa shape index (κ3) is 6.95. The van der Waals surface area contributed by atoms with Gasteiger partial charge in [0.2, 0.25) is 0 Å². The molecule has 1 fully saturated rings. The van der Waals surface area contributed by atoms with Gasteiger partial charge in [0, 0.05) is 37.2 Å². The topological polar surface area (TPSA) is 76.4 Å². The lowest BCUT2D eigenvalue weighted by molar-refractivity contribution is 0.296. The van der Waals surface area contributed by atoms with Crippen molar-refractivity contribution in [2.24, 2.45) is 10.9 Å². The third-order valence-corrected chi connectivity index (χ3v) is 4.93. The van der Waals surface area contributed by atoms with Gasteiger partial charge >= 0.3 is 0 Å². The maximum atomic E-state index is 6.01. The molecule has 7 nitrogen and oxygen atoms in total. The number of imidazole rings is 1. The van der Waals surface area contributed by atoms with Crippen LogP contribution in [0.3, 0.4) is 0 Å². The van der Waals surface area contributed by atoms with Crippen LogP contribution in [0.1, 0.15) is 30.9 Å². The van der Waals surface area contributed by atoms with Crippen LogP contribution in [-0.4, -0.2) is 33.6 Å². The Balaban J connectivity index is 0.00000272. The van der Waals surface area contributed by atoms with Gasteiger partial charge in [-0.2, -0.15) is 0 Å². The van der Waals surface area contributed by atoms with Crippen molar-refractivity contribution in [3.63, 3.8) is 0 Å². The molecule has 2 N–H and O–H groups in total. The van der Waals surface area contributed by atoms with Crippen LogP contribution >= 0.6 is 24.0 Å². The second-order valence-corrected chi connectivity index (χ2v) is 7.41. The predicted octanol–water partition coefficient (Wildman–Crippen LogP) is 3.93. The average molecular weight is 532 g/mol. The zero-order valence-electron chi connectivity index (χ0n) is 17.7. The molecule has 3 aromatic rings. The summed E-state index contributed by atoms with van der Waals surface area (Å²) >= 11 is 0. The van der Waals surface area contributed by atoms with Crippen molar-refractivity contribution in [2.75, 3.05) is 13.2 Å². The molecule has 1 saturated carbocycles. The van der Waals surface area contributed by atoms with Gasteiger partial charge in [-0.15, -0.1) is 24.0 Å². The summed E-state index contributed by atoms with van der Waals surface area (Å²) in [5, 5.41) is 6.71. The van der Waals surface area contributed by atoms with E-state index in [1.54, 1.807) is 12.5 Å². The number of halogens is 1. The minimum absolute atomic E-state index is 0. The number of hydrogen-bond acceptors (Lipinski definition) is 4. The molecule has 0 saturated heterocycles. The zero-order valence-corrected chi connectivity index (χ0v) is 20.0. The molecule has 0 radical (unpaired) electrons. The van der Waals surface area contributed by atoms with E-state index in [4.69, 9.17) is 9.73 Å². The number of nitrogens with one attached hydrogen (secondary N) is 2. The second kappa shape index (κ2) is 11.7. The normalized spacial score (nSPS) is 13.4. The molecule has 2 aromatic heterocycles. The molecule has 0 spiro atoms. The lowest BCUT2D eigenvalue weighted by Gasteiger charge is -2.14. The van der Waals surface area contributed by atoms with Gasteiger partial charge in [-0.25, -0.2) is 15.0 Å². The summed E-state index contributed by atoms with van der Waals surface area (Å²) < 4.78 is 7.89. The number of rotatable bonds is 9. The molecule has 0 aliphatic heterocycles. The second-order valence-electron chi connectivity index (χ2n) is 7.41. The van der Waals surface area contributed by atoms with Crippen LogP contribution in [0.4, 0.5) is 0 Å². The van der Waals surface area contributed by atoms with Crippen LogP contribution in [0.15, 0.2) is 66.3 Å². The Kier molecular flexibility index (Phi) is 8.69. The quantitative estimate of drug-likeness (QED) is 0.248. The Labute approximate surface area is 200 Å². The molecule has 31 heavy (non-hydrogen) atoms. The lowest BCUT2D eigenvalue weighted by atomic mass is 10.2. The van der Waals surface area contributed by atoms with E-state index in [9.17, 15) is 0 Å². The van der Waals surface area contributed by atoms with Crippen molar-refractivity contribution in [1.82, 2.24) is 25.2 Å². The molecule has 1 aliphatic rings. The Morgan fingerprint density at radius 1 is 1.19 bits per heavy atom. The number of ether oxygens (including phenoxy) is 1. The smallest absolute Gasteiger partial charge is 0.191 e. The maximum Gasteiger partial charge on any atom is 0.191 e. The van der Waals surface area contributed by atoms with E-state index in [0.717, 1.165) is 47.7 Å². The first-order chi connectivity index (χ1) is 14.8. The highest BCUT2D eigenvalue weighted by Gasteiger charge is 2.22. The minimum Gasteiger partial charge on any atom is -0.493 e. The van der Waals surface area contributed by atoms with Crippen LogP contribution in [0, 0.1) is 5.92 Å². The van der Waals surface area contributed by atoms with Crippen LogP contribution in [0.25, 0.3) is 5.82 Å². The number of pyridine rings is 1. The summed E-state index contributed by atoms with van der Waals surface area (Å²) in [6.45, 7) is 4.87. The van der Waals surface area contributed by atoms with E-state index in [-0.39, 0.29) is 24.0 Å². The highest BCUT2D eigenvalue weighted by Crippen LogP contribution is 2.30. The molecule has 0 amide bonds. The molecule has 0 unspecified atom stereocenters. The number of aromatic nitrogens is 3. The van der Waals surface area contributed by atoms with E-state index in [1.165, 1.54) is 12.8 Å². The standard InChI is InChI=1S/C23H28N6O.HI/c1-2-25-23(27-14-19-9-10-22(26-13-19)29-12-11-24-17-29)28-15-20-5-3-4-6-21(20)30-16-18-7-8-18;/h3-6,9-13,17-18H,2,7-8,14-16H2,1H3,(H2,25,27,28);1H. The number of aliphatic imine (C=N–C) groups is 1. The Morgan fingerprint density at radius 3 is 2.77 bits per heavy atom. The number of benzene rings is 1. The molecular formula is C23H29IN6O. The predicted molar refractivity (Wildman–Crippen MR) is 133 cm³/mol. The van der Waals surface area contributed by atoms with Gasteiger partial charge in [0.15, 0.2) is 5.96 Å². The van der Waals surface area contributed by atoms with Crippen molar-refractivity contribution < 1.29 is 4.74 Å². The van der Waals surface area contributed by atoms with Gasteiger partial charge in [0.25, 0.3) is 0 Å². The Morgan fingerprint density at radius 2 is 2.06 bits per heavy atom.